The summed E-state index contributed by atoms with van der Waals surface area (Å²) in [4.78, 5) is 0. The predicted octanol–water partition coefficient (Wildman–Crippen LogP) is 4.84. The molecular weight excluding hydrogens is 335 g/mol. The molecule has 0 amide bonds. The number of hydrogen-bond acceptors (Lipinski definition) is 1. The van der Waals surface area contributed by atoms with E-state index in [4.69, 9.17) is 0 Å². The van der Waals surface area contributed by atoms with Gasteiger partial charge in [-0.2, -0.15) is 0 Å². The maximum Gasteiger partial charge on any atom is 0.115 e. The van der Waals surface area contributed by atoms with Crippen LogP contribution in [0, 0.1) is 0 Å². The Kier molecular flexibility index (Phi) is 6.59. The molecule has 0 bridgehead atoms. The number of hydrogen-bond donors (Lipinski definition) is 1. The summed E-state index contributed by atoms with van der Waals surface area (Å²) in [7, 11) is -0.569. The van der Waals surface area contributed by atoms with Crippen molar-refractivity contribution in [2.75, 3.05) is 0 Å². The van der Waals surface area contributed by atoms with Gasteiger partial charge in [0.15, 0.2) is 0 Å². The molecule has 0 saturated carbocycles. The topological polar surface area (TPSA) is 20.2 Å². The van der Waals surface area contributed by atoms with Crippen LogP contribution in [0.5, 0.6) is 5.75 Å². The minimum absolute atomic E-state index is 0.310. The van der Waals surface area contributed by atoms with E-state index >= 15 is 0 Å². The van der Waals surface area contributed by atoms with Crippen molar-refractivity contribution in [3.8, 4) is 5.75 Å². The molecule has 0 spiro atoms. The van der Waals surface area contributed by atoms with E-state index in [1.165, 1.54) is 15.9 Å². The van der Waals surface area contributed by atoms with Gasteiger partial charge in [0.25, 0.3) is 0 Å². The standard InChI is InChI=1S/C18H15OP.C6H6/c19-15-11-13-18(14-12-15)20(16-7-3-1-4-8-16)17-9-5-2-6-10-17;1-2-4-6-5-3-1/h1-14,19H;1-6H. The zero-order valence-electron chi connectivity index (χ0n) is 14.4. The summed E-state index contributed by atoms with van der Waals surface area (Å²) in [5, 5.41) is 13.4. The molecule has 0 radical (unpaired) electrons. The van der Waals surface area contributed by atoms with Gasteiger partial charge >= 0.3 is 0 Å². The summed E-state index contributed by atoms with van der Waals surface area (Å²) in [5.74, 6) is 0.310. The molecule has 0 aliphatic heterocycles. The van der Waals surface area contributed by atoms with Crippen molar-refractivity contribution in [1.82, 2.24) is 0 Å². The lowest BCUT2D eigenvalue weighted by Gasteiger charge is -2.19. The van der Waals surface area contributed by atoms with Crippen LogP contribution in [0.3, 0.4) is 0 Å². The van der Waals surface area contributed by atoms with Gasteiger partial charge in [-0.3, -0.25) is 0 Å². The molecule has 1 nitrogen and oxygen atoms in total. The maximum absolute atomic E-state index is 9.49. The third-order valence-corrected chi connectivity index (χ3v) is 6.25. The summed E-state index contributed by atoms with van der Waals surface area (Å²) in [5.41, 5.74) is 0. The Bertz CT molecular complexity index is 809. The monoisotopic (exact) mass is 356 g/mol. The molecule has 4 aromatic rings. The van der Waals surface area contributed by atoms with Gasteiger partial charge in [-0.25, -0.2) is 0 Å². The van der Waals surface area contributed by atoms with Crippen LogP contribution in [0.15, 0.2) is 121 Å². The first-order chi connectivity index (χ1) is 12.8. The molecule has 0 fully saturated rings. The van der Waals surface area contributed by atoms with Crippen molar-refractivity contribution in [1.29, 1.82) is 0 Å². The summed E-state index contributed by atoms with van der Waals surface area (Å²) >= 11 is 0. The summed E-state index contributed by atoms with van der Waals surface area (Å²) in [6, 6.07) is 40.6. The molecular formula is C24H21OP. The van der Waals surface area contributed by atoms with E-state index in [0.29, 0.717) is 5.75 Å². The van der Waals surface area contributed by atoms with Crippen LogP contribution in [0.4, 0.5) is 0 Å². The van der Waals surface area contributed by atoms with E-state index in [9.17, 15) is 5.11 Å². The lowest BCUT2D eigenvalue weighted by Crippen LogP contribution is -2.20. The highest BCUT2D eigenvalue weighted by atomic mass is 31.1. The van der Waals surface area contributed by atoms with Crippen LogP contribution in [0.2, 0.25) is 0 Å². The van der Waals surface area contributed by atoms with Crippen LogP contribution in [-0.4, -0.2) is 5.11 Å². The van der Waals surface area contributed by atoms with Crippen LogP contribution in [0.1, 0.15) is 0 Å². The van der Waals surface area contributed by atoms with Crippen molar-refractivity contribution >= 4 is 23.8 Å². The fourth-order valence-corrected chi connectivity index (χ4v) is 4.87. The van der Waals surface area contributed by atoms with E-state index in [1.54, 1.807) is 12.1 Å². The highest BCUT2D eigenvalue weighted by molar-refractivity contribution is 7.79. The predicted molar refractivity (Wildman–Crippen MR) is 113 cm³/mol. The number of benzene rings is 4. The zero-order valence-corrected chi connectivity index (χ0v) is 15.3. The van der Waals surface area contributed by atoms with Crippen LogP contribution >= 0.6 is 7.92 Å². The van der Waals surface area contributed by atoms with Crippen LogP contribution in [0.25, 0.3) is 0 Å². The first-order valence-electron chi connectivity index (χ1n) is 8.54. The fourth-order valence-electron chi connectivity index (χ4n) is 2.59. The smallest absolute Gasteiger partial charge is 0.115 e. The lowest BCUT2D eigenvalue weighted by molar-refractivity contribution is 0.475. The van der Waals surface area contributed by atoms with Gasteiger partial charge in [0.05, 0.1) is 0 Å². The Labute approximate surface area is 156 Å². The van der Waals surface area contributed by atoms with Crippen molar-refractivity contribution in [3.63, 3.8) is 0 Å². The molecule has 0 unspecified atom stereocenters. The highest BCUT2D eigenvalue weighted by Crippen LogP contribution is 2.32. The fraction of sp³-hybridized carbons (Fsp3) is 0. The summed E-state index contributed by atoms with van der Waals surface area (Å²) in [6.07, 6.45) is 0. The first-order valence-corrected chi connectivity index (χ1v) is 9.88. The lowest BCUT2D eigenvalue weighted by atomic mass is 10.3. The third-order valence-electron chi connectivity index (χ3n) is 3.80. The normalized spacial score (nSPS) is 10.0. The SMILES string of the molecule is Oc1ccc(P(c2ccccc2)c2ccccc2)cc1.c1ccccc1. The van der Waals surface area contributed by atoms with E-state index in [2.05, 4.69) is 48.5 Å². The van der Waals surface area contributed by atoms with Gasteiger partial charge in [0, 0.05) is 0 Å². The molecule has 4 rings (SSSR count). The van der Waals surface area contributed by atoms with Gasteiger partial charge < -0.3 is 5.11 Å². The molecule has 1 N–H and O–H groups in total. The van der Waals surface area contributed by atoms with E-state index in [-0.39, 0.29) is 0 Å². The Morgan fingerprint density at radius 2 is 0.692 bits per heavy atom. The van der Waals surface area contributed by atoms with Crippen molar-refractivity contribution in [2.45, 2.75) is 0 Å². The summed E-state index contributed by atoms with van der Waals surface area (Å²) in [6.45, 7) is 0. The summed E-state index contributed by atoms with van der Waals surface area (Å²) < 4.78 is 0. The number of phenols is 1. The van der Waals surface area contributed by atoms with Gasteiger partial charge in [0.1, 0.15) is 5.75 Å². The molecule has 128 valence electrons. The Hall–Kier alpha value is -2.89. The van der Waals surface area contributed by atoms with Gasteiger partial charge in [-0.1, -0.05) is 109 Å². The minimum atomic E-state index is -0.569. The second kappa shape index (κ2) is 9.56. The molecule has 0 atom stereocenters. The first kappa shape index (κ1) is 17.9. The number of phenolic OH excluding ortho intramolecular Hbond substituents is 1. The van der Waals surface area contributed by atoms with Gasteiger partial charge in [0.2, 0.25) is 0 Å². The molecule has 0 aliphatic carbocycles. The molecule has 4 aromatic carbocycles. The van der Waals surface area contributed by atoms with Crippen LogP contribution in [-0.2, 0) is 0 Å². The average molecular weight is 356 g/mol. The second-order valence-corrected chi connectivity index (χ2v) is 7.90. The van der Waals surface area contributed by atoms with E-state index in [1.807, 2.05) is 60.7 Å². The van der Waals surface area contributed by atoms with Crippen molar-refractivity contribution < 1.29 is 5.11 Å². The molecule has 0 aromatic heterocycles. The quantitative estimate of drug-likeness (QED) is 0.521. The maximum atomic E-state index is 9.49. The third kappa shape index (κ3) is 5.05. The van der Waals surface area contributed by atoms with E-state index < -0.39 is 7.92 Å². The molecule has 2 heteroatoms. The number of aromatic hydroxyl groups is 1. The van der Waals surface area contributed by atoms with Crippen LogP contribution < -0.4 is 15.9 Å². The Balaban J connectivity index is 0.000000278. The Morgan fingerprint density at radius 1 is 0.385 bits per heavy atom. The Morgan fingerprint density at radius 3 is 1.08 bits per heavy atom. The largest absolute Gasteiger partial charge is 0.508 e. The second-order valence-electron chi connectivity index (χ2n) is 5.68. The average Bonchev–Trinajstić information content (AvgIpc) is 2.73. The van der Waals surface area contributed by atoms with Gasteiger partial charge in [-0.15, -0.1) is 0 Å². The highest BCUT2D eigenvalue weighted by Gasteiger charge is 2.15. The minimum Gasteiger partial charge on any atom is -0.508 e. The molecule has 0 heterocycles. The molecule has 0 aliphatic rings. The van der Waals surface area contributed by atoms with Crippen molar-refractivity contribution in [3.05, 3.63) is 121 Å². The van der Waals surface area contributed by atoms with Gasteiger partial charge in [-0.05, 0) is 36.0 Å². The van der Waals surface area contributed by atoms with Crippen molar-refractivity contribution in [2.24, 2.45) is 0 Å². The molecule has 0 saturated heterocycles. The number of rotatable bonds is 3. The van der Waals surface area contributed by atoms with E-state index in [0.717, 1.165) is 0 Å². The molecule has 26 heavy (non-hydrogen) atoms. The zero-order chi connectivity index (χ0) is 18.0.